The highest BCUT2D eigenvalue weighted by atomic mass is 32.2. The lowest BCUT2D eigenvalue weighted by Crippen LogP contribution is -2.02. The first-order valence-electron chi connectivity index (χ1n) is 7.92. The Labute approximate surface area is 152 Å². The SMILES string of the molecule is Cn1c(SCC(=O)c2cc3ccccc3o2)nnc1-c1ccc(F)cc1. The molecule has 0 N–H and O–H groups in total. The molecule has 0 radical (unpaired) electrons. The number of fused-ring (bicyclic) bond motifs is 1. The minimum Gasteiger partial charge on any atom is -0.453 e. The second kappa shape index (κ2) is 6.76. The Morgan fingerprint density at radius 3 is 2.69 bits per heavy atom. The number of nitrogens with zero attached hydrogens (tertiary/aromatic N) is 3. The van der Waals surface area contributed by atoms with E-state index < -0.39 is 0 Å². The number of benzene rings is 2. The smallest absolute Gasteiger partial charge is 0.208 e. The minimum absolute atomic E-state index is 0.113. The van der Waals surface area contributed by atoms with Crippen molar-refractivity contribution in [2.24, 2.45) is 7.05 Å². The number of para-hydroxylation sites is 1. The molecule has 2 heterocycles. The molecule has 2 aromatic heterocycles. The summed E-state index contributed by atoms with van der Waals surface area (Å²) in [6.45, 7) is 0. The molecule has 0 atom stereocenters. The standard InChI is InChI=1S/C19H14FN3O2S/c1-23-18(12-6-8-14(20)9-7-12)21-22-19(23)26-11-15(24)17-10-13-4-2-3-5-16(13)25-17/h2-10H,11H2,1H3. The molecule has 0 amide bonds. The Balaban J connectivity index is 1.49. The average Bonchev–Trinajstić information content (AvgIpc) is 3.24. The van der Waals surface area contributed by atoms with Gasteiger partial charge < -0.3 is 8.98 Å². The van der Waals surface area contributed by atoms with Gasteiger partial charge in [-0.1, -0.05) is 30.0 Å². The number of aromatic nitrogens is 3. The molecule has 0 saturated carbocycles. The molecule has 2 aromatic carbocycles. The first-order valence-corrected chi connectivity index (χ1v) is 8.90. The number of Topliss-reactive ketones (excluding diaryl/α,β-unsaturated/α-hetero) is 1. The molecule has 0 saturated heterocycles. The fraction of sp³-hybridized carbons (Fsp3) is 0.105. The number of thioether (sulfide) groups is 1. The Hall–Kier alpha value is -2.93. The number of carbonyl (C=O) groups is 1. The topological polar surface area (TPSA) is 60.9 Å². The Morgan fingerprint density at radius 2 is 1.92 bits per heavy atom. The zero-order chi connectivity index (χ0) is 18.1. The molecule has 0 spiro atoms. The molecule has 0 bridgehead atoms. The quantitative estimate of drug-likeness (QED) is 0.388. The fourth-order valence-electron chi connectivity index (χ4n) is 2.61. The summed E-state index contributed by atoms with van der Waals surface area (Å²) >= 11 is 1.28. The lowest BCUT2D eigenvalue weighted by molar-refractivity contribution is 0.0994. The van der Waals surface area contributed by atoms with Gasteiger partial charge in [-0.05, 0) is 36.4 Å². The molecule has 0 fully saturated rings. The molecule has 0 aliphatic carbocycles. The predicted molar refractivity (Wildman–Crippen MR) is 97.7 cm³/mol. The lowest BCUT2D eigenvalue weighted by atomic mass is 10.2. The van der Waals surface area contributed by atoms with Crippen molar-refractivity contribution in [1.82, 2.24) is 14.8 Å². The maximum absolute atomic E-state index is 13.1. The molecular weight excluding hydrogens is 353 g/mol. The highest BCUT2D eigenvalue weighted by Gasteiger charge is 2.16. The van der Waals surface area contributed by atoms with Gasteiger partial charge in [-0.25, -0.2) is 4.39 Å². The third-order valence-corrected chi connectivity index (χ3v) is 4.99. The Kier molecular flexibility index (Phi) is 4.30. The number of rotatable bonds is 5. The summed E-state index contributed by atoms with van der Waals surface area (Å²) in [7, 11) is 1.81. The van der Waals surface area contributed by atoms with Crippen LogP contribution >= 0.6 is 11.8 Å². The van der Waals surface area contributed by atoms with Crippen molar-refractivity contribution in [3.05, 3.63) is 66.2 Å². The van der Waals surface area contributed by atoms with Gasteiger partial charge in [-0.2, -0.15) is 0 Å². The van der Waals surface area contributed by atoms with Crippen LogP contribution in [0.5, 0.6) is 0 Å². The lowest BCUT2D eigenvalue weighted by Gasteiger charge is -2.03. The van der Waals surface area contributed by atoms with Crippen LogP contribution in [0, 0.1) is 5.82 Å². The van der Waals surface area contributed by atoms with Crippen LogP contribution in [0.2, 0.25) is 0 Å². The third-order valence-electron chi connectivity index (χ3n) is 3.97. The maximum atomic E-state index is 13.1. The van der Waals surface area contributed by atoms with Crippen molar-refractivity contribution >= 4 is 28.5 Å². The number of hydrogen-bond donors (Lipinski definition) is 0. The molecule has 0 aliphatic rings. The van der Waals surface area contributed by atoms with Crippen LogP contribution in [-0.4, -0.2) is 26.3 Å². The van der Waals surface area contributed by atoms with E-state index in [0.717, 1.165) is 10.9 Å². The zero-order valence-electron chi connectivity index (χ0n) is 13.8. The van der Waals surface area contributed by atoms with Crippen LogP contribution in [0.3, 0.4) is 0 Å². The number of furan rings is 1. The Morgan fingerprint density at radius 1 is 1.15 bits per heavy atom. The van der Waals surface area contributed by atoms with E-state index in [-0.39, 0.29) is 17.4 Å². The fourth-order valence-corrected chi connectivity index (χ4v) is 3.39. The van der Waals surface area contributed by atoms with E-state index in [2.05, 4.69) is 10.2 Å². The predicted octanol–water partition coefficient (Wildman–Crippen LogP) is 4.34. The minimum atomic E-state index is -0.304. The summed E-state index contributed by atoms with van der Waals surface area (Å²) in [6.07, 6.45) is 0. The van der Waals surface area contributed by atoms with Crippen molar-refractivity contribution in [3.63, 3.8) is 0 Å². The summed E-state index contributed by atoms with van der Waals surface area (Å²) in [5.74, 6) is 0.720. The van der Waals surface area contributed by atoms with E-state index in [1.807, 2.05) is 31.3 Å². The normalized spacial score (nSPS) is 11.2. The van der Waals surface area contributed by atoms with Gasteiger partial charge in [0.1, 0.15) is 11.4 Å². The summed E-state index contributed by atoms with van der Waals surface area (Å²) in [6, 6.07) is 15.3. The monoisotopic (exact) mass is 367 g/mol. The maximum Gasteiger partial charge on any atom is 0.208 e. The van der Waals surface area contributed by atoms with Crippen LogP contribution in [-0.2, 0) is 7.05 Å². The molecule has 5 nitrogen and oxygen atoms in total. The van der Waals surface area contributed by atoms with E-state index >= 15 is 0 Å². The van der Waals surface area contributed by atoms with Crippen LogP contribution in [0.4, 0.5) is 4.39 Å². The third kappa shape index (κ3) is 3.13. The van der Waals surface area contributed by atoms with Crippen LogP contribution in [0.25, 0.3) is 22.4 Å². The van der Waals surface area contributed by atoms with Gasteiger partial charge in [-0.15, -0.1) is 10.2 Å². The molecule has 0 aliphatic heterocycles. The molecule has 4 aromatic rings. The van der Waals surface area contributed by atoms with Crippen LogP contribution in [0.1, 0.15) is 10.6 Å². The van der Waals surface area contributed by atoms with E-state index in [9.17, 15) is 9.18 Å². The molecule has 26 heavy (non-hydrogen) atoms. The highest BCUT2D eigenvalue weighted by molar-refractivity contribution is 7.99. The number of ketones is 1. The van der Waals surface area contributed by atoms with Crippen molar-refractivity contribution < 1.29 is 13.6 Å². The van der Waals surface area contributed by atoms with Crippen molar-refractivity contribution in [2.45, 2.75) is 5.16 Å². The molecule has 0 unspecified atom stereocenters. The van der Waals surface area contributed by atoms with Gasteiger partial charge in [0.05, 0.1) is 5.75 Å². The van der Waals surface area contributed by atoms with Gasteiger partial charge in [-0.3, -0.25) is 4.79 Å². The van der Waals surface area contributed by atoms with Crippen molar-refractivity contribution in [3.8, 4) is 11.4 Å². The number of halogens is 1. The van der Waals surface area contributed by atoms with Gasteiger partial charge in [0, 0.05) is 18.0 Å². The van der Waals surface area contributed by atoms with E-state index in [0.29, 0.717) is 22.3 Å². The molecule has 4 rings (SSSR count). The summed E-state index contributed by atoms with van der Waals surface area (Å²) in [5, 5.41) is 9.76. The number of hydrogen-bond acceptors (Lipinski definition) is 5. The second-order valence-electron chi connectivity index (χ2n) is 5.73. The first kappa shape index (κ1) is 16.5. The molecule has 7 heteroatoms. The summed E-state index contributed by atoms with van der Waals surface area (Å²) in [5.41, 5.74) is 1.45. The zero-order valence-corrected chi connectivity index (χ0v) is 14.7. The van der Waals surface area contributed by atoms with E-state index in [1.165, 1.54) is 23.9 Å². The van der Waals surface area contributed by atoms with Gasteiger partial charge in [0.25, 0.3) is 0 Å². The van der Waals surface area contributed by atoms with Gasteiger partial charge >= 0.3 is 0 Å². The summed E-state index contributed by atoms with van der Waals surface area (Å²) < 4.78 is 20.4. The van der Waals surface area contributed by atoms with Gasteiger partial charge in [0.2, 0.25) is 5.78 Å². The van der Waals surface area contributed by atoms with E-state index in [1.54, 1.807) is 22.8 Å². The molecular formula is C19H14FN3O2S. The van der Waals surface area contributed by atoms with Crippen molar-refractivity contribution in [2.75, 3.05) is 5.75 Å². The van der Waals surface area contributed by atoms with E-state index in [4.69, 9.17) is 4.42 Å². The van der Waals surface area contributed by atoms with Crippen LogP contribution < -0.4 is 0 Å². The van der Waals surface area contributed by atoms with Crippen molar-refractivity contribution in [1.29, 1.82) is 0 Å². The first-order chi connectivity index (χ1) is 12.6. The highest BCUT2D eigenvalue weighted by Crippen LogP contribution is 2.25. The average molecular weight is 367 g/mol. The largest absolute Gasteiger partial charge is 0.453 e. The molecule has 130 valence electrons. The number of carbonyl (C=O) groups excluding carboxylic acids is 1. The Bertz CT molecular complexity index is 1050. The van der Waals surface area contributed by atoms with Crippen LogP contribution in [0.15, 0.2) is 64.2 Å². The van der Waals surface area contributed by atoms with Gasteiger partial charge in [0.15, 0.2) is 16.7 Å². The summed E-state index contributed by atoms with van der Waals surface area (Å²) in [4.78, 5) is 12.4. The second-order valence-corrected chi connectivity index (χ2v) is 6.67.